The van der Waals surface area contributed by atoms with Crippen LogP contribution in [0.25, 0.3) is 11.1 Å². The summed E-state index contributed by atoms with van der Waals surface area (Å²) in [6, 6.07) is 17.7. The molecule has 2 aliphatic carbocycles. The maximum atomic E-state index is 11.5. The maximum Gasteiger partial charge on any atom is 0.150 e. The summed E-state index contributed by atoms with van der Waals surface area (Å²) in [5.41, 5.74) is 2.83. The van der Waals surface area contributed by atoms with Crippen molar-refractivity contribution >= 4 is 17.9 Å². The van der Waals surface area contributed by atoms with Crippen molar-refractivity contribution in [2.24, 2.45) is 5.41 Å². The quantitative estimate of drug-likeness (QED) is 0.564. The Hall–Kier alpha value is -2.55. The molecule has 2 fully saturated rings. The van der Waals surface area contributed by atoms with E-state index in [1.54, 1.807) is 0 Å². The lowest BCUT2D eigenvalue weighted by Gasteiger charge is -2.30. The third-order valence-electron chi connectivity index (χ3n) is 5.45. The van der Waals surface area contributed by atoms with Gasteiger partial charge in [-0.25, -0.2) is 0 Å². The van der Waals surface area contributed by atoms with Gasteiger partial charge < -0.3 is 0 Å². The van der Waals surface area contributed by atoms with Crippen LogP contribution in [0.1, 0.15) is 55.3 Å². The van der Waals surface area contributed by atoms with Gasteiger partial charge in [0.15, 0.2) is 0 Å². The van der Waals surface area contributed by atoms with Crippen LogP contribution in [0.15, 0.2) is 54.6 Å². The Balaban J connectivity index is 0.000000152. The minimum Gasteiger partial charge on any atom is -0.299 e. The Labute approximate surface area is 154 Å². The summed E-state index contributed by atoms with van der Waals surface area (Å²) < 4.78 is 0. The van der Waals surface area contributed by atoms with E-state index in [0.29, 0.717) is 12.0 Å². The van der Waals surface area contributed by atoms with Gasteiger partial charge in [0.05, 0.1) is 6.42 Å². The van der Waals surface area contributed by atoms with E-state index in [1.807, 2.05) is 42.5 Å². The monoisotopic (exact) mass is 348 g/mol. The Morgan fingerprint density at radius 2 is 1.38 bits per heavy atom. The SMILES string of the molecule is O=C1CC(=O)C2(CCCCC2)C1.O=Cc1ccc(-c2ccccc2)cc1. The fraction of sp³-hybridized carbons (Fsp3) is 0.348. The minimum atomic E-state index is -0.185. The molecule has 2 aromatic rings. The van der Waals surface area contributed by atoms with Gasteiger partial charge >= 0.3 is 0 Å². The van der Waals surface area contributed by atoms with Crippen LogP contribution in [0.3, 0.4) is 0 Å². The Morgan fingerprint density at radius 1 is 0.769 bits per heavy atom. The van der Waals surface area contributed by atoms with Crippen molar-refractivity contribution in [2.75, 3.05) is 0 Å². The summed E-state index contributed by atoms with van der Waals surface area (Å²) in [6.45, 7) is 0. The van der Waals surface area contributed by atoms with Gasteiger partial charge in [0.25, 0.3) is 0 Å². The van der Waals surface area contributed by atoms with Crippen LogP contribution >= 0.6 is 0 Å². The fourth-order valence-corrected chi connectivity index (χ4v) is 3.97. The van der Waals surface area contributed by atoms with Crippen molar-refractivity contribution in [3.8, 4) is 11.1 Å². The van der Waals surface area contributed by atoms with E-state index in [1.165, 1.54) is 12.0 Å². The summed E-state index contributed by atoms with van der Waals surface area (Å²) in [5, 5.41) is 0. The van der Waals surface area contributed by atoms with E-state index in [-0.39, 0.29) is 23.4 Å². The maximum absolute atomic E-state index is 11.5. The first-order valence-electron chi connectivity index (χ1n) is 9.29. The molecular formula is C23H24O3. The molecule has 1 spiro atoms. The summed E-state index contributed by atoms with van der Waals surface area (Å²) in [4.78, 5) is 33.1. The molecule has 0 atom stereocenters. The summed E-state index contributed by atoms with van der Waals surface area (Å²) in [6.07, 6.45) is 7.08. The molecule has 2 saturated carbocycles. The van der Waals surface area contributed by atoms with E-state index < -0.39 is 0 Å². The van der Waals surface area contributed by atoms with Gasteiger partial charge in [-0.2, -0.15) is 0 Å². The molecule has 0 heterocycles. The summed E-state index contributed by atoms with van der Waals surface area (Å²) >= 11 is 0. The lowest BCUT2D eigenvalue weighted by Crippen LogP contribution is -2.28. The number of carbonyl (C=O) groups excluding carboxylic acids is 3. The third kappa shape index (κ3) is 4.16. The van der Waals surface area contributed by atoms with Gasteiger partial charge in [-0.05, 0) is 24.0 Å². The summed E-state index contributed by atoms with van der Waals surface area (Å²) in [5.74, 6) is 0.397. The third-order valence-corrected chi connectivity index (χ3v) is 5.45. The molecule has 134 valence electrons. The van der Waals surface area contributed by atoms with Gasteiger partial charge in [-0.15, -0.1) is 0 Å². The second-order valence-electron chi connectivity index (χ2n) is 7.26. The smallest absolute Gasteiger partial charge is 0.150 e. The van der Waals surface area contributed by atoms with Crippen LogP contribution in [0.5, 0.6) is 0 Å². The van der Waals surface area contributed by atoms with Gasteiger partial charge in [-0.3, -0.25) is 14.4 Å². The molecule has 0 aromatic heterocycles. The lowest BCUT2D eigenvalue weighted by atomic mass is 9.72. The average molecular weight is 348 g/mol. The topological polar surface area (TPSA) is 51.2 Å². The molecule has 0 N–H and O–H groups in total. The molecule has 0 unspecified atom stereocenters. The highest BCUT2D eigenvalue weighted by molar-refractivity contribution is 6.09. The van der Waals surface area contributed by atoms with Crippen LogP contribution in [0.2, 0.25) is 0 Å². The number of hydrogen-bond donors (Lipinski definition) is 0. The van der Waals surface area contributed by atoms with Crippen molar-refractivity contribution in [1.82, 2.24) is 0 Å². The molecule has 0 saturated heterocycles. The van der Waals surface area contributed by atoms with E-state index in [4.69, 9.17) is 0 Å². The normalized spacial score (nSPS) is 18.3. The standard InChI is InChI=1S/C13H10O.C10H14O2/c14-10-11-6-8-13(9-7-11)12-4-2-1-3-5-12;11-8-6-9(12)10(7-8)4-2-1-3-5-10/h1-10H;1-7H2. The second kappa shape index (κ2) is 8.22. The van der Waals surface area contributed by atoms with Crippen LogP contribution in [0.4, 0.5) is 0 Å². The van der Waals surface area contributed by atoms with Gasteiger partial charge in [0, 0.05) is 17.4 Å². The molecule has 0 amide bonds. The number of rotatable bonds is 2. The van der Waals surface area contributed by atoms with E-state index in [2.05, 4.69) is 12.1 Å². The van der Waals surface area contributed by atoms with Crippen LogP contribution in [-0.2, 0) is 9.59 Å². The predicted molar refractivity (Wildman–Crippen MR) is 102 cm³/mol. The van der Waals surface area contributed by atoms with Gasteiger partial charge in [0.1, 0.15) is 17.9 Å². The highest BCUT2D eigenvalue weighted by Gasteiger charge is 2.46. The van der Waals surface area contributed by atoms with Crippen molar-refractivity contribution < 1.29 is 14.4 Å². The van der Waals surface area contributed by atoms with Gasteiger partial charge in [-0.1, -0.05) is 73.9 Å². The first kappa shape index (κ1) is 18.2. The molecule has 4 rings (SSSR count). The van der Waals surface area contributed by atoms with Crippen molar-refractivity contribution in [3.63, 3.8) is 0 Å². The highest BCUT2D eigenvalue weighted by Crippen LogP contribution is 2.45. The molecule has 26 heavy (non-hydrogen) atoms. The van der Waals surface area contributed by atoms with E-state index >= 15 is 0 Å². The number of aldehydes is 1. The second-order valence-corrected chi connectivity index (χ2v) is 7.26. The number of benzene rings is 2. The van der Waals surface area contributed by atoms with Crippen LogP contribution in [-0.4, -0.2) is 17.9 Å². The predicted octanol–water partition coefficient (Wildman–Crippen LogP) is 5.04. The molecule has 0 bridgehead atoms. The van der Waals surface area contributed by atoms with Crippen LogP contribution < -0.4 is 0 Å². The fourth-order valence-electron chi connectivity index (χ4n) is 3.97. The Morgan fingerprint density at radius 3 is 1.92 bits per heavy atom. The zero-order valence-corrected chi connectivity index (χ0v) is 14.9. The molecule has 2 aromatic carbocycles. The Kier molecular flexibility index (Phi) is 5.77. The number of ketones is 2. The average Bonchev–Trinajstić information content (AvgIpc) is 2.96. The Bertz CT molecular complexity index is 769. The highest BCUT2D eigenvalue weighted by atomic mass is 16.2. The molecule has 0 radical (unpaired) electrons. The van der Waals surface area contributed by atoms with Crippen molar-refractivity contribution in [3.05, 3.63) is 60.2 Å². The number of Topliss-reactive ketones (excluding diaryl/α,β-unsaturated/α-hetero) is 2. The molecule has 3 nitrogen and oxygen atoms in total. The van der Waals surface area contributed by atoms with Crippen molar-refractivity contribution in [1.29, 1.82) is 0 Å². The first-order valence-corrected chi connectivity index (χ1v) is 9.29. The molecule has 3 heteroatoms. The van der Waals surface area contributed by atoms with Crippen LogP contribution in [0, 0.1) is 5.41 Å². The van der Waals surface area contributed by atoms with E-state index in [0.717, 1.165) is 37.5 Å². The molecule has 0 aliphatic heterocycles. The summed E-state index contributed by atoms with van der Waals surface area (Å²) in [7, 11) is 0. The minimum absolute atomic E-state index is 0.168. The molecule has 2 aliphatic rings. The van der Waals surface area contributed by atoms with E-state index in [9.17, 15) is 14.4 Å². The molecular weight excluding hydrogens is 324 g/mol. The number of hydrogen-bond acceptors (Lipinski definition) is 3. The number of carbonyl (C=O) groups is 3. The zero-order chi connectivity index (χ0) is 18.4. The van der Waals surface area contributed by atoms with Gasteiger partial charge in [0.2, 0.25) is 0 Å². The first-order chi connectivity index (χ1) is 12.6. The van der Waals surface area contributed by atoms with Crippen molar-refractivity contribution in [2.45, 2.75) is 44.9 Å². The largest absolute Gasteiger partial charge is 0.299 e. The zero-order valence-electron chi connectivity index (χ0n) is 14.9. The lowest BCUT2D eigenvalue weighted by molar-refractivity contribution is -0.127.